The van der Waals surface area contributed by atoms with Crippen LogP contribution in [0, 0.1) is 13.8 Å². The normalized spacial score (nSPS) is 14.2. The molecule has 1 amide bonds. The molecule has 148 valence electrons. The van der Waals surface area contributed by atoms with Gasteiger partial charge in [-0.2, -0.15) is 0 Å². The van der Waals surface area contributed by atoms with Crippen LogP contribution in [0.2, 0.25) is 5.02 Å². The number of carbonyl (C=O) groups excluding carboxylic acids is 1. The first-order valence-corrected chi connectivity index (χ1v) is 10.1. The second kappa shape index (κ2) is 8.21. The Morgan fingerprint density at radius 1 is 0.897 bits per heavy atom. The maximum atomic E-state index is 12.7. The van der Waals surface area contributed by atoms with Crippen molar-refractivity contribution in [2.45, 2.75) is 13.8 Å². The summed E-state index contributed by atoms with van der Waals surface area (Å²) in [6.45, 7) is 6.95. The molecule has 1 saturated heterocycles. The molecule has 0 unspecified atom stereocenters. The summed E-state index contributed by atoms with van der Waals surface area (Å²) in [5.41, 5.74) is 5.08. The highest BCUT2D eigenvalue weighted by atomic mass is 35.5. The van der Waals surface area contributed by atoms with Gasteiger partial charge >= 0.3 is 0 Å². The predicted octanol–water partition coefficient (Wildman–Crippen LogP) is 4.38. The quantitative estimate of drug-likeness (QED) is 0.647. The number of aryl methyl sites for hydroxylation is 2. The summed E-state index contributed by atoms with van der Waals surface area (Å²) in [5.74, 6) is 0.857. The molecule has 2 aromatic carbocycles. The summed E-state index contributed by atoms with van der Waals surface area (Å²) in [6.07, 6.45) is 0. The number of piperazine rings is 1. The number of anilines is 1. The molecule has 0 saturated carbocycles. The fraction of sp³-hybridized carbons (Fsp3) is 0.261. The lowest BCUT2D eigenvalue weighted by Gasteiger charge is -2.35. The Labute approximate surface area is 175 Å². The number of rotatable bonds is 3. The van der Waals surface area contributed by atoms with Gasteiger partial charge in [0, 0.05) is 42.3 Å². The number of amides is 1. The molecule has 6 heteroatoms. The summed E-state index contributed by atoms with van der Waals surface area (Å²) in [4.78, 5) is 16.7. The third-order valence-corrected chi connectivity index (χ3v) is 5.65. The molecule has 0 radical (unpaired) electrons. The van der Waals surface area contributed by atoms with E-state index in [9.17, 15) is 4.79 Å². The molecular weight excluding hydrogens is 384 g/mol. The Hall–Kier alpha value is -2.92. The van der Waals surface area contributed by atoms with Crippen LogP contribution in [-0.4, -0.2) is 47.2 Å². The standard InChI is InChI=1S/C23H23ClN4O/c1-16-6-7-18(14-17(16)2)21-8-9-22(26-25-21)27-10-12-28(13-11-27)23(29)19-4-3-5-20(24)15-19/h3-9,14-15H,10-13H2,1-2H3. The highest BCUT2D eigenvalue weighted by Gasteiger charge is 2.23. The van der Waals surface area contributed by atoms with Crippen molar-refractivity contribution in [3.05, 3.63) is 76.3 Å². The molecule has 0 spiro atoms. The van der Waals surface area contributed by atoms with Crippen molar-refractivity contribution < 1.29 is 4.79 Å². The number of halogens is 1. The van der Waals surface area contributed by atoms with Gasteiger partial charge in [0.2, 0.25) is 0 Å². The third-order valence-electron chi connectivity index (χ3n) is 5.42. The van der Waals surface area contributed by atoms with E-state index in [4.69, 9.17) is 11.6 Å². The molecule has 1 aromatic heterocycles. The molecule has 0 N–H and O–H groups in total. The molecule has 3 aromatic rings. The minimum atomic E-state index is 0.0170. The van der Waals surface area contributed by atoms with E-state index in [1.807, 2.05) is 17.0 Å². The van der Waals surface area contributed by atoms with Gasteiger partial charge in [0.05, 0.1) is 5.69 Å². The lowest BCUT2D eigenvalue weighted by molar-refractivity contribution is 0.0746. The second-order valence-corrected chi connectivity index (χ2v) is 7.80. The Kier molecular flexibility index (Phi) is 5.49. The smallest absolute Gasteiger partial charge is 0.254 e. The van der Waals surface area contributed by atoms with Gasteiger partial charge in [0.15, 0.2) is 5.82 Å². The van der Waals surface area contributed by atoms with Crippen LogP contribution < -0.4 is 4.90 Å². The minimum absolute atomic E-state index is 0.0170. The fourth-order valence-electron chi connectivity index (χ4n) is 3.49. The zero-order chi connectivity index (χ0) is 20.4. The Balaban J connectivity index is 1.41. The predicted molar refractivity (Wildman–Crippen MR) is 117 cm³/mol. The molecule has 1 aliphatic heterocycles. The highest BCUT2D eigenvalue weighted by Crippen LogP contribution is 2.22. The molecule has 29 heavy (non-hydrogen) atoms. The maximum Gasteiger partial charge on any atom is 0.254 e. The van der Waals surface area contributed by atoms with E-state index in [0.29, 0.717) is 23.7 Å². The number of benzene rings is 2. The largest absolute Gasteiger partial charge is 0.352 e. The van der Waals surface area contributed by atoms with Gasteiger partial charge in [-0.25, -0.2) is 0 Å². The van der Waals surface area contributed by atoms with Gasteiger partial charge in [-0.05, 0) is 61.4 Å². The van der Waals surface area contributed by atoms with Crippen molar-refractivity contribution in [2.75, 3.05) is 31.1 Å². The Bertz CT molecular complexity index is 1030. The third kappa shape index (κ3) is 4.25. The van der Waals surface area contributed by atoms with Crippen LogP contribution in [0.15, 0.2) is 54.6 Å². The van der Waals surface area contributed by atoms with E-state index in [-0.39, 0.29) is 5.91 Å². The molecule has 1 aliphatic rings. The monoisotopic (exact) mass is 406 g/mol. The summed E-state index contributed by atoms with van der Waals surface area (Å²) >= 11 is 6.01. The molecule has 0 atom stereocenters. The maximum absolute atomic E-state index is 12.7. The van der Waals surface area contributed by atoms with E-state index in [0.717, 1.165) is 30.2 Å². The Morgan fingerprint density at radius 2 is 1.69 bits per heavy atom. The molecule has 4 rings (SSSR count). The molecule has 0 aliphatic carbocycles. The average Bonchev–Trinajstić information content (AvgIpc) is 2.75. The van der Waals surface area contributed by atoms with Gasteiger partial charge in [0.1, 0.15) is 0 Å². The van der Waals surface area contributed by atoms with Crippen LogP contribution in [0.25, 0.3) is 11.3 Å². The zero-order valence-corrected chi connectivity index (χ0v) is 17.4. The van der Waals surface area contributed by atoms with Crippen LogP contribution in [-0.2, 0) is 0 Å². The summed E-state index contributed by atoms with van der Waals surface area (Å²) in [5, 5.41) is 9.42. The topological polar surface area (TPSA) is 49.3 Å². The number of carbonyl (C=O) groups is 1. The van der Waals surface area contributed by atoms with Gasteiger partial charge in [-0.1, -0.05) is 29.8 Å². The van der Waals surface area contributed by atoms with Crippen molar-refractivity contribution in [2.24, 2.45) is 0 Å². The first-order valence-electron chi connectivity index (χ1n) is 9.72. The molecule has 1 fully saturated rings. The summed E-state index contributed by atoms with van der Waals surface area (Å²) in [6, 6.07) is 17.4. The van der Waals surface area contributed by atoms with E-state index in [1.54, 1.807) is 24.3 Å². The lowest BCUT2D eigenvalue weighted by Crippen LogP contribution is -2.49. The molecule has 0 bridgehead atoms. The number of aromatic nitrogens is 2. The first-order chi connectivity index (χ1) is 14.0. The molecule has 2 heterocycles. The van der Waals surface area contributed by atoms with Crippen LogP contribution >= 0.6 is 11.6 Å². The van der Waals surface area contributed by atoms with Crippen LogP contribution in [0.4, 0.5) is 5.82 Å². The molecular formula is C23H23ClN4O. The number of hydrogen-bond donors (Lipinski definition) is 0. The van der Waals surface area contributed by atoms with Crippen molar-refractivity contribution in [1.82, 2.24) is 15.1 Å². The first kappa shape index (κ1) is 19.4. The second-order valence-electron chi connectivity index (χ2n) is 7.37. The van der Waals surface area contributed by atoms with Crippen molar-refractivity contribution in [1.29, 1.82) is 0 Å². The highest BCUT2D eigenvalue weighted by molar-refractivity contribution is 6.30. The van der Waals surface area contributed by atoms with E-state index < -0.39 is 0 Å². The Morgan fingerprint density at radius 3 is 2.34 bits per heavy atom. The zero-order valence-electron chi connectivity index (χ0n) is 16.6. The summed E-state index contributed by atoms with van der Waals surface area (Å²) in [7, 11) is 0. The fourth-order valence-corrected chi connectivity index (χ4v) is 3.68. The van der Waals surface area contributed by atoms with E-state index in [1.165, 1.54) is 11.1 Å². The van der Waals surface area contributed by atoms with Crippen molar-refractivity contribution >= 4 is 23.3 Å². The number of nitrogens with zero attached hydrogens (tertiary/aromatic N) is 4. The minimum Gasteiger partial charge on any atom is -0.352 e. The van der Waals surface area contributed by atoms with E-state index >= 15 is 0 Å². The van der Waals surface area contributed by atoms with Crippen molar-refractivity contribution in [3.8, 4) is 11.3 Å². The van der Waals surface area contributed by atoms with Crippen LogP contribution in [0.3, 0.4) is 0 Å². The van der Waals surface area contributed by atoms with E-state index in [2.05, 4.69) is 47.1 Å². The average molecular weight is 407 g/mol. The number of hydrogen-bond acceptors (Lipinski definition) is 4. The lowest BCUT2D eigenvalue weighted by atomic mass is 10.0. The molecule has 5 nitrogen and oxygen atoms in total. The van der Waals surface area contributed by atoms with Crippen molar-refractivity contribution in [3.63, 3.8) is 0 Å². The van der Waals surface area contributed by atoms with Crippen LogP contribution in [0.1, 0.15) is 21.5 Å². The van der Waals surface area contributed by atoms with Crippen LogP contribution in [0.5, 0.6) is 0 Å². The van der Waals surface area contributed by atoms with Gasteiger partial charge in [0.25, 0.3) is 5.91 Å². The van der Waals surface area contributed by atoms with Gasteiger partial charge < -0.3 is 9.80 Å². The van der Waals surface area contributed by atoms with Gasteiger partial charge in [-0.3, -0.25) is 4.79 Å². The van der Waals surface area contributed by atoms with Gasteiger partial charge in [-0.15, -0.1) is 10.2 Å². The summed E-state index contributed by atoms with van der Waals surface area (Å²) < 4.78 is 0. The SMILES string of the molecule is Cc1ccc(-c2ccc(N3CCN(C(=O)c4cccc(Cl)c4)CC3)nn2)cc1C.